The van der Waals surface area contributed by atoms with Crippen molar-refractivity contribution < 1.29 is 13.2 Å². The van der Waals surface area contributed by atoms with E-state index in [0.29, 0.717) is 6.07 Å². The average molecular weight is 196 g/mol. The minimum atomic E-state index is -0.794. The number of nitrogens with two attached hydrogens (primary N) is 1. The average Bonchev–Trinajstić information content (AvgIpc) is 2.64. The van der Waals surface area contributed by atoms with E-state index >= 15 is 0 Å². The highest BCUT2D eigenvalue weighted by molar-refractivity contribution is 5.60. The molecule has 2 rings (SSSR count). The number of nitrogens with zero attached hydrogens (tertiary/aromatic N) is 1. The van der Waals surface area contributed by atoms with Gasteiger partial charge >= 0.3 is 0 Å². The first kappa shape index (κ1) is 8.68. The molecule has 1 aromatic heterocycles. The van der Waals surface area contributed by atoms with Crippen molar-refractivity contribution in [3.63, 3.8) is 0 Å². The van der Waals surface area contributed by atoms with Crippen molar-refractivity contribution in [3.8, 4) is 11.5 Å². The van der Waals surface area contributed by atoms with Crippen LogP contribution in [0.5, 0.6) is 0 Å². The van der Waals surface area contributed by atoms with Gasteiger partial charge in [-0.15, -0.1) is 0 Å². The molecule has 0 saturated heterocycles. The molecule has 0 atom stereocenters. The number of nitrogen functional groups attached to an aromatic ring is 1. The van der Waals surface area contributed by atoms with Crippen molar-refractivity contribution in [2.24, 2.45) is 0 Å². The molecule has 14 heavy (non-hydrogen) atoms. The summed E-state index contributed by atoms with van der Waals surface area (Å²) in [5.74, 6) is -1.47. The van der Waals surface area contributed by atoms with E-state index in [1.54, 1.807) is 0 Å². The van der Waals surface area contributed by atoms with Gasteiger partial charge in [0.2, 0.25) is 5.89 Å². The number of benzene rings is 1. The number of aromatic nitrogens is 1. The number of hydrogen-bond acceptors (Lipinski definition) is 3. The van der Waals surface area contributed by atoms with E-state index in [4.69, 9.17) is 10.2 Å². The van der Waals surface area contributed by atoms with Crippen molar-refractivity contribution >= 4 is 5.69 Å². The molecule has 3 nitrogen and oxygen atoms in total. The highest BCUT2D eigenvalue weighted by Crippen LogP contribution is 2.25. The number of halogens is 2. The van der Waals surface area contributed by atoms with Gasteiger partial charge in [0, 0.05) is 6.07 Å². The van der Waals surface area contributed by atoms with Gasteiger partial charge in [0.1, 0.15) is 17.9 Å². The van der Waals surface area contributed by atoms with Gasteiger partial charge in [-0.05, 0) is 6.07 Å². The van der Waals surface area contributed by atoms with E-state index in [1.165, 1.54) is 12.5 Å². The van der Waals surface area contributed by atoms with E-state index in [2.05, 4.69) is 4.98 Å². The van der Waals surface area contributed by atoms with Crippen LogP contribution in [-0.2, 0) is 0 Å². The zero-order valence-corrected chi connectivity index (χ0v) is 7.00. The van der Waals surface area contributed by atoms with E-state index < -0.39 is 11.6 Å². The minimum Gasteiger partial charge on any atom is -0.444 e. The Labute approximate surface area is 78.2 Å². The summed E-state index contributed by atoms with van der Waals surface area (Å²) in [4.78, 5) is 3.73. The Morgan fingerprint density at radius 2 is 2.00 bits per heavy atom. The summed E-state index contributed by atoms with van der Waals surface area (Å²) < 4.78 is 30.8. The molecule has 1 aromatic carbocycles. The third kappa shape index (κ3) is 1.32. The lowest BCUT2D eigenvalue weighted by Crippen LogP contribution is -1.94. The predicted octanol–water partition coefficient (Wildman–Crippen LogP) is 2.20. The third-order valence-electron chi connectivity index (χ3n) is 1.75. The largest absolute Gasteiger partial charge is 0.444 e. The summed E-state index contributed by atoms with van der Waals surface area (Å²) in [6.45, 7) is 0. The van der Waals surface area contributed by atoms with Gasteiger partial charge in [0.05, 0.1) is 17.4 Å². The molecule has 5 heteroatoms. The summed E-state index contributed by atoms with van der Waals surface area (Å²) in [7, 11) is 0. The Morgan fingerprint density at radius 3 is 2.64 bits per heavy atom. The molecule has 0 aliphatic rings. The second-order valence-corrected chi connectivity index (χ2v) is 2.69. The quantitative estimate of drug-likeness (QED) is 0.711. The maximum atomic E-state index is 13.2. The normalized spacial score (nSPS) is 10.4. The first-order valence-corrected chi connectivity index (χ1v) is 3.83. The lowest BCUT2D eigenvalue weighted by atomic mass is 10.2. The van der Waals surface area contributed by atoms with Crippen molar-refractivity contribution in [1.29, 1.82) is 0 Å². The van der Waals surface area contributed by atoms with Crippen LogP contribution in [0.4, 0.5) is 14.5 Å². The first-order valence-electron chi connectivity index (χ1n) is 3.83. The van der Waals surface area contributed by atoms with Crippen molar-refractivity contribution in [1.82, 2.24) is 4.98 Å². The maximum absolute atomic E-state index is 13.2. The van der Waals surface area contributed by atoms with Crippen LogP contribution in [-0.4, -0.2) is 4.98 Å². The predicted molar refractivity (Wildman–Crippen MR) is 46.3 cm³/mol. The molecular weight excluding hydrogens is 190 g/mol. The third-order valence-corrected chi connectivity index (χ3v) is 1.75. The van der Waals surface area contributed by atoms with Crippen LogP contribution in [0.2, 0.25) is 0 Å². The lowest BCUT2D eigenvalue weighted by Gasteiger charge is -2.01. The Kier molecular flexibility index (Phi) is 1.92. The van der Waals surface area contributed by atoms with Crippen LogP contribution in [0, 0.1) is 11.6 Å². The molecule has 0 amide bonds. The standard InChI is InChI=1S/C9H6F2N2O/c10-6-4-7(11)8(12)3-5(6)9-13-1-2-14-9/h1-4H,12H2. The SMILES string of the molecule is Nc1cc(-c2ncco2)c(F)cc1F. The Morgan fingerprint density at radius 1 is 1.21 bits per heavy atom. The summed E-state index contributed by atoms with van der Waals surface area (Å²) in [5, 5.41) is 0. The van der Waals surface area contributed by atoms with Gasteiger partial charge in [-0.3, -0.25) is 0 Å². The molecule has 0 unspecified atom stereocenters. The number of hydrogen-bond donors (Lipinski definition) is 1. The lowest BCUT2D eigenvalue weighted by molar-refractivity contribution is 0.555. The van der Waals surface area contributed by atoms with E-state index in [1.807, 2.05) is 0 Å². The van der Waals surface area contributed by atoms with Crippen LogP contribution >= 0.6 is 0 Å². The smallest absolute Gasteiger partial charge is 0.228 e. The van der Waals surface area contributed by atoms with E-state index in [0.717, 1.165) is 6.07 Å². The fourth-order valence-corrected chi connectivity index (χ4v) is 1.09. The Balaban J connectivity index is 2.60. The number of oxazole rings is 1. The summed E-state index contributed by atoms with van der Waals surface area (Å²) in [5.41, 5.74) is 5.20. The summed E-state index contributed by atoms with van der Waals surface area (Å²) in [6, 6.07) is 1.85. The molecular formula is C9H6F2N2O. The topological polar surface area (TPSA) is 52.0 Å². The van der Waals surface area contributed by atoms with Crippen LogP contribution in [0.1, 0.15) is 0 Å². The first-order chi connectivity index (χ1) is 6.68. The van der Waals surface area contributed by atoms with Crippen LogP contribution in [0.3, 0.4) is 0 Å². The zero-order valence-electron chi connectivity index (χ0n) is 7.00. The minimum absolute atomic E-state index is 0.0499. The fraction of sp³-hybridized carbons (Fsp3) is 0. The van der Waals surface area contributed by atoms with E-state index in [9.17, 15) is 8.78 Å². The highest BCUT2D eigenvalue weighted by Gasteiger charge is 2.12. The number of rotatable bonds is 1. The van der Waals surface area contributed by atoms with Crippen LogP contribution < -0.4 is 5.73 Å². The monoisotopic (exact) mass is 196 g/mol. The molecule has 0 spiro atoms. The molecule has 0 saturated carbocycles. The fourth-order valence-electron chi connectivity index (χ4n) is 1.09. The molecule has 0 fully saturated rings. The highest BCUT2D eigenvalue weighted by atomic mass is 19.1. The van der Waals surface area contributed by atoms with Crippen molar-refractivity contribution in [3.05, 3.63) is 36.2 Å². The van der Waals surface area contributed by atoms with Gasteiger partial charge in [0.25, 0.3) is 0 Å². The number of anilines is 1. The van der Waals surface area contributed by atoms with Gasteiger partial charge in [-0.1, -0.05) is 0 Å². The van der Waals surface area contributed by atoms with Gasteiger partial charge < -0.3 is 10.2 Å². The maximum Gasteiger partial charge on any atom is 0.228 e. The Bertz CT molecular complexity index is 454. The van der Waals surface area contributed by atoms with Gasteiger partial charge in [-0.25, -0.2) is 13.8 Å². The van der Waals surface area contributed by atoms with Crippen LogP contribution in [0.15, 0.2) is 29.0 Å². The zero-order chi connectivity index (χ0) is 10.1. The van der Waals surface area contributed by atoms with Gasteiger partial charge in [0.15, 0.2) is 0 Å². The van der Waals surface area contributed by atoms with Crippen molar-refractivity contribution in [2.75, 3.05) is 5.73 Å². The molecule has 0 radical (unpaired) electrons. The molecule has 2 N–H and O–H groups in total. The van der Waals surface area contributed by atoms with Crippen molar-refractivity contribution in [2.45, 2.75) is 0 Å². The summed E-state index contributed by atoms with van der Waals surface area (Å²) in [6.07, 6.45) is 2.67. The molecule has 0 aliphatic heterocycles. The Hall–Kier alpha value is -1.91. The van der Waals surface area contributed by atoms with Crippen LogP contribution in [0.25, 0.3) is 11.5 Å². The molecule has 0 bridgehead atoms. The van der Waals surface area contributed by atoms with E-state index in [-0.39, 0.29) is 17.1 Å². The second-order valence-electron chi connectivity index (χ2n) is 2.69. The molecule has 1 heterocycles. The van der Waals surface area contributed by atoms with Gasteiger partial charge in [-0.2, -0.15) is 0 Å². The molecule has 72 valence electrons. The second kappa shape index (κ2) is 3.10. The molecule has 2 aromatic rings. The molecule has 0 aliphatic carbocycles. The summed E-state index contributed by atoms with van der Waals surface area (Å²) >= 11 is 0.